The number of rotatable bonds is 4. The van der Waals surface area contributed by atoms with Crippen molar-refractivity contribution in [3.05, 3.63) is 59.5 Å². The topological polar surface area (TPSA) is 71.8 Å². The SMILES string of the molecule is Cn1ncc2c1CCCC2NC(=O)NCCc1cccc2cccnc12. The van der Waals surface area contributed by atoms with Gasteiger partial charge in [-0.15, -0.1) is 0 Å². The molecule has 134 valence electrons. The van der Waals surface area contributed by atoms with Gasteiger partial charge in [0.1, 0.15) is 0 Å². The van der Waals surface area contributed by atoms with Crippen LogP contribution in [-0.2, 0) is 19.9 Å². The Labute approximate surface area is 152 Å². The molecule has 0 radical (unpaired) electrons. The van der Waals surface area contributed by atoms with Gasteiger partial charge in [0.05, 0.1) is 17.8 Å². The Bertz CT molecular complexity index is 928. The zero-order valence-electron chi connectivity index (χ0n) is 14.9. The van der Waals surface area contributed by atoms with Gasteiger partial charge in [-0.3, -0.25) is 9.67 Å². The van der Waals surface area contributed by atoms with Gasteiger partial charge in [-0.1, -0.05) is 24.3 Å². The molecule has 6 nitrogen and oxygen atoms in total. The predicted molar refractivity (Wildman–Crippen MR) is 101 cm³/mol. The fraction of sp³-hybridized carbons (Fsp3) is 0.350. The summed E-state index contributed by atoms with van der Waals surface area (Å²) < 4.78 is 1.91. The molecule has 1 aromatic carbocycles. The number of aromatic nitrogens is 3. The fourth-order valence-corrected chi connectivity index (χ4v) is 3.75. The van der Waals surface area contributed by atoms with Crippen LogP contribution in [-0.4, -0.2) is 27.3 Å². The number of hydrogen-bond acceptors (Lipinski definition) is 3. The molecule has 1 unspecified atom stereocenters. The highest BCUT2D eigenvalue weighted by Crippen LogP contribution is 2.28. The number of aryl methyl sites for hydroxylation is 1. The number of nitrogens with zero attached hydrogens (tertiary/aromatic N) is 3. The summed E-state index contributed by atoms with van der Waals surface area (Å²) in [6.07, 6.45) is 7.49. The standard InChI is InChI=1S/C20H23N5O/c1-25-18-9-3-8-17(16(18)13-23-25)24-20(26)22-12-10-15-6-2-5-14-7-4-11-21-19(14)15/h2,4-7,11,13,17H,3,8-10,12H2,1H3,(H2,22,24,26). The molecule has 0 bridgehead atoms. The highest BCUT2D eigenvalue weighted by Gasteiger charge is 2.24. The molecule has 2 heterocycles. The first kappa shape index (κ1) is 16.6. The molecule has 6 heteroatoms. The van der Waals surface area contributed by atoms with Gasteiger partial charge in [0.2, 0.25) is 0 Å². The number of nitrogens with one attached hydrogen (secondary N) is 2. The van der Waals surface area contributed by atoms with Crippen molar-refractivity contribution in [2.24, 2.45) is 7.05 Å². The van der Waals surface area contributed by atoms with Gasteiger partial charge >= 0.3 is 6.03 Å². The maximum Gasteiger partial charge on any atom is 0.315 e. The van der Waals surface area contributed by atoms with Crippen LogP contribution in [0.2, 0.25) is 0 Å². The number of carbonyl (C=O) groups is 1. The largest absolute Gasteiger partial charge is 0.338 e. The van der Waals surface area contributed by atoms with Gasteiger partial charge in [0.15, 0.2) is 0 Å². The van der Waals surface area contributed by atoms with Crippen LogP contribution in [0.1, 0.15) is 35.7 Å². The van der Waals surface area contributed by atoms with E-state index in [1.807, 2.05) is 30.1 Å². The van der Waals surface area contributed by atoms with Gasteiger partial charge in [-0.05, 0) is 37.3 Å². The average Bonchev–Trinajstić information content (AvgIpc) is 3.04. The number of pyridine rings is 1. The summed E-state index contributed by atoms with van der Waals surface area (Å²) in [5.74, 6) is 0. The lowest BCUT2D eigenvalue weighted by molar-refractivity contribution is 0.235. The molecule has 4 rings (SSSR count). The van der Waals surface area contributed by atoms with Crippen molar-refractivity contribution in [3.63, 3.8) is 0 Å². The first-order chi connectivity index (χ1) is 12.7. The van der Waals surface area contributed by atoms with Crippen LogP contribution < -0.4 is 10.6 Å². The van der Waals surface area contributed by atoms with E-state index in [-0.39, 0.29) is 12.1 Å². The second-order valence-corrected chi connectivity index (χ2v) is 6.76. The van der Waals surface area contributed by atoms with Gasteiger partial charge in [0.25, 0.3) is 0 Å². The Morgan fingerprint density at radius 2 is 2.19 bits per heavy atom. The number of carbonyl (C=O) groups excluding carboxylic acids is 1. The van der Waals surface area contributed by atoms with Crippen LogP contribution in [0.15, 0.2) is 42.7 Å². The molecule has 26 heavy (non-hydrogen) atoms. The molecule has 1 aliphatic rings. The van der Waals surface area contributed by atoms with E-state index in [2.05, 4.69) is 38.9 Å². The van der Waals surface area contributed by atoms with Crippen molar-refractivity contribution >= 4 is 16.9 Å². The number of fused-ring (bicyclic) bond motifs is 2. The van der Waals surface area contributed by atoms with E-state index in [9.17, 15) is 4.79 Å². The molecule has 0 saturated carbocycles. The smallest absolute Gasteiger partial charge is 0.315 e. The summed E-state index contributed by atoms with van der Waals surface area (Å²) in [6, 6.07) is 10.1. The van der Waals surface area contributed by atoms with Crippen LogP contribution in [0.4, 0.5) is 4.79 Å². The maximum atomic E-state index is 12.3. The molecule has 0 fully saturated rings. The zero-order chi connectivity index (χ0) is 17.9. The minimum atomic E-state index is -0.125. The summed E-state index contributed by atoms with van der Waals surface area (Å²) in [6.45, 7) is 0.578. The molecule has 3 aromatic rings. The van der Waals surface area contributed by atoms with Gasteiger partial charge in [-0.25, -0.2) is 4.79 Å². The highest BCUT2D eigenvalue weighted by molar-refractivity contribution is 5.81. The van der Waals surface area contributed by atoms with Crippen LogP contribution >= 0.6 is 0 Å². The lowest BCUT2D eigenvalue weighted by Gasteiger charge is -2.24. The van der Waals surface area contributed by atoms with Crippen LogP contribution in [0.25, 0.3) is 10.9 Å². The van der Waals surface area contributed by atoms with Crippen molar-refractivity contribution in [2.45, 2.75) is 31.7 Å². The third-order valence-corrected chi connectivity index (χ3v) is 5.08. The average molecular weight is 349 g/mol. The van der Waals surface area contributed by atoms with E-state index in [1.54, 1.807) is 6.20 Å². The van der Waals surface area contributed by atoms with E-state index < -0.39 is 0 Å². The second kappa shape index (κ2) is 7.15. The molecule has 1 aliphatic carbocycles. The second-order valence-electron chi connectivity index (χ2n) is 6.76. The molecule has 2 aromatic heterocycles. The number of amides is 2. The third kappa shape index (κ3) is 3.27. The Morgan fingerprint density at radius 3 is 3.12 bits per heavy atom. The van der Waals surface area contributed by atoms with Crippen LogP contribution in [0.5, 0.6) is 0 Å². The van der Waals surface area contributed by atoms with E-state index in [4.69, 9.17) is 0 Å². The third-order valence-electron chi connectivity index (χ3n) is 5.08. The summed E-state index contributed by atoms with van der Waals surface area (Å²) in [4.78, 5) is 16.8. The normalized spacial score (nSPS) is 16.3. The quantitative estimate of drug-likeness (QED) is 0.761. The molecule has 1 atom stereocenters. The van der Waals surface area contributed by atoms with Crippen molar-refractivity contribution in [1.82, 2.24) is 25.4 Å². The predicted octanol–water partition coefficient (Wildman–Crippen LogP) is 2.89. The van der Waals surface area contributed by atoms with Crippen molar-refractivity contribution in [2.75, 3.05) is 6.54 Å². The van der Waals surface area contributed by atoms with E-state index >= 15 is 0 Å². The van der Waals surface area contributed by atoms with E-state index in [0.717, 1.165) is 47.7 Å². The Kier molecular flexibility index (Phi) is 4.56. The van der Waals surface area contributed by atoms with Crippen molar-refractivity contribution in [3.8, 4) is 0 Å². The first-order valence-corrected chi connectivity index (χ1v) is 9.10. The monoisotopic (exact) mass is 349 g/mol. The van der Waals surface area contributed by atoms with Crippen molar-refractivity contribution < 1.29 is 4.79 Å². The summed E-state index contributed by atoms with van der Waals surface area (Å²) >= 11 is 0. The molecular weight excluding hydrogens is 326 g/mol. The molecule has 0 spiro atoms. The van der Waals surface area contributed by atoms with Crippen LogP contribution in [0.3, 0.4) is 0 Å². The molecule has 0 aliphatic heterocycles. The number of hydrogen-bond donors (Lipinski definition) is 2. The number of benzene rings is 1. The highest BCUT2D eigenvalue weighted by atomic mass is 16.2. The molecule has 0 saturated heterocycles. The molecule has 2 amide bonds. The first-order valence-electron chi connectivity index (χ1n) is 9.10. The lowest BCUT2D eigenvalue weighted by Crippen LogP contribution is -2.39. The Hall–Kier alpha value is -2.89. The molecular formula is C20H23N5O. The van der Waals surface area contributed by atoms with Gasteiger partial charge in [-0.2, -0.15) is 5.10 Å². The molecule has 2 N–H and O–H groups in total. The Balaban J connectivity index is 1.35. The van der Waals surface area contributed by atoms with E-state index in [1.165, 1.54) is 5.69 Å². The fourth-order valence-electron chi connectivity index (χ4n) is 3.75. The van der Waals surface area contributed by atoms with Crippen molar-refractivity contribution in [1.29, 1.82) is 0 Å². The number of urea groups is 1. The minimum absolute atomic E-state index is 0.0478. The van der Waals surface area contributed by atoms with Gasteiger partial charge < -0.3 is 10.6 Å². The van der Waals surface area contributed by atoms with E-state index in [0.29, 0.717) is 6.54 Å². The minimum Gasteiger partial charge on any atom is -0.338 e. The van der Waals surface area contributed by atoms with Crippen LogP contribution in [0, 0.1) is 0 Å². The zero-order valence-corrected chi connectivity index (χ0v) is 14.9. The van der Waals surface area contributed by atoms with Gasteiger partial charge in [0, 0.05) is 36.4 Å². The Morgan fingerprint density at radius 1 is 1.31 bits per heavy atom. The summed E-state index contributed by atoms with van der Waals surface area (Å²) in [5.41, 5.74) is 4.52. The maximum absolute atomic E-state index is 12.3. The number of para-hydroxylation sites is 1. The lowest BCUT2D eigenvalue weighted by atomic mass is 9.93. The summed E-state index contributed by atoms with van der Waals surface area (Å²) in [7, 11) is 1.96. The summed E-state index contributed by atoms with van der Waals surface area (Å²) in [5, 5.41) is 11.5.